The van der Waals surface area contributed by atoms with Crippen LogP contribution in [0.25, 0.3) is 0 Å². The molecule has 0 aliphatic carbocycles. The molecule has 0 spiro atoms. The second-order valence-corrected chi connectivity index (χ2v) is 5.65. The first-order chi connectivity index (χ1) is 7.16. The maximum Gasteiger partial charge on any atom is 0.434 e. The van der Waals surface area contributed by atoms with Crippen LogP contribution in [0.5, 0.6) is 0 Å². The summed E-state index contributed by atoms with van der Waals surface area (Å²) in [5.41, 5.74) is -1.10. The Labute approximate surface area is 96.9 Å². The van der Waals surface area contributed by atoms with Crippen molar-refractivity contribution < 1.29 is 13.2 Å². The molecule has 0 aliphatic heterocycles. The van der Waals surface area contributed by atoms with E-state index in [0.29, 0.717) is 5.01 Å². The van der Waals surface area contributed by atoms with Crippen LogP contribution < -0.4 is 5.32 Å². The minimum Gasteiger partial charge on any atom is -0.315 e. The van der Waals surface area contributed by atoms with E-state index in [9.17, 15) is 13.2 Å². The quantitative estimate of drug-likeness (QED) is 0.874. The Balaban J connectivity index is 3.21. The van der Waals surface area contributed by atoms with Crippen LogP contribution in [0.3, 0.4) is 0 Å². The molecule has 2 nitrogen and oxygen atoms in total. The van der Waals surface area contributed by atoms with Crippen molar-refractivity contribution in [3.8, 4) is 0 Å². The minimum atomic E-state index is -4.37. The lowest BCUT2D eigenvalue weighted by Gasteiger charge is -2.13. The standard InChI is InChI=1S/C10H15F3N2S/c1-9(2,3)8-15-7(10(11,12)13)6(16-8)5-14-4/h14H,5H2,1-4H3. The van der Waals surface area contributed by atoms with E-state index < -0.39 is 11.9 Å². The zero-order chi connectivity index (χ0) is 12.6. The first kappa shape index (κ1) is 13.4. The van der Waals surface area contributed by atoms with E-state index >= 15 is 0 Å². The second kappa shape index (κ2) is 4.33. The van der Waals surface area contributed by atoms with Gasteiger partial charge in [0.15, 0.2) is 5.69 Å². The number of nitrogens with one attached hydrogen (secondary N) is 1. The Kier molecular flexibility index (Phi) is 3.64. The van der Waals surface area contributed by atoms with Gasteiger partial charge >= 0.3 is 6.18 Å². The van der Waals surface area contributed by atoms with Crippen LogP contribution in [0.15, 0.2) is 0 Å². The number of hydrogen-bond acceptors (Lipinski definition) is 3. The van der Waals surface area contributed by atoms with E-state index in [1.54, 1.807) is 7.05 Å². The Morgan fingerprint density at radius 3 is 2.19 bits per heavy atom. The summed E-state index contributed by atoms with van der Waals surface area (Å²) in [4.78, 5) is 3.97. The van der Waals surface area contributed by atoms with Gasteiger partial charge in [0.25, 0.3) is 0 Å². The number of thiazole rings is 1. The third-order valence-electron chi connectivity index (χ3n) is 1.94. The van der Waals surface area contributed by atoms with Crippen molar-refractivity contribution >= 4 is 11.3 Å². The highest BCUT2D eigenvalue weighted by Crippen LogP contribution is 2.37. The predicted octanol–water partition coefficient (Wildman–Crippen LogP) is 3.18. The Morgan fingerprint density at radius 2 is 1.81 bits per heavy atom. The van der Waals surface area contributed by atoms with Crippen molar-refractivity contribution in [1.82, 2.24) is 10.3 Å². The van der Waals surface area contributed by atoms with Crippen molar-refractivity contribution in [3.05, 3.63) is 15.6 Å². The maximum atomic E-state index is 12.7. The van der Waals surface area contributed by atoms with Gasteiger partial charge in [0, 0.05) is 12.0 Å². The van der Waals surface area contributed by atoms with Gasteiger partial charge in [0.2, 0.25) is 0 Å². The minimum absolute atomic E-state index is 0.197. The first-order valence-electron chi connectivity index (χ1n) is 4.88. The fourth-order valence-electron chi connectivity index (χ4n) is 1.17. The van der Waals surface area contributed by atoms with Crippen LogP contribution in [-0.2, 0) is 18.1 Å². The van der Waals surface area contributed by atoms with Gasteiger partial charge in [0.1, 0.15) is 0 Å². The van der Waals surface area contributed by atoms with E-state index in [4.69, 9.17) is 0 Å². The summed E-state index contributed by atoms with van der Waals surface area (Å²) in [6.45, 7) is 5.77. The molecule has 0 aliphatic rings. The molecule has 92 valence electrons. The lowest BCUT2D eigenvalue weighted by atomic mass is 9.98. The third-order valence-corrected chi connectivity index (χ3v) is 3.43. The summed E-state index contributed by atoms with van der Waals surface area (Å²) in [5.74, 6) is 0. The van der Waals surface area contributed by atoms with Crippen LogP contribution in [0.1, 0.15) is 36.3 Å². The monoisotopic (exact) mass is 252 g/mol. The SMILES string of the molecule is CNCc1sc(C(C)(C)C)nc1C(F)(F)F. The van der Waals surface area contributed by atoms with E-state index in [0.717, 1.165) is 11.3 Å². The molecule has 0 atom stereocenters. The molecule has 0 amide bonds. The van der Waals surface area contributed by atoms with Crippen LogP contribution in [0.4, 0.5) is 13.2 Å². The Hall–Kier alpha value is -0.620. The molecule has 0 unspecified atom stereocenters. The molecule has 16 heavy (non-hydrogen) atoms. The van der Waals surface area contributed by atoms with Gasteiger partial charge in [0.05, 0.1) is 9.88 Å². The molecule has 0 fully saturated rings. The summed E-state index contributed by atoms with van der Waals surface area (Å²) in [6.07, 6.45) is -4.37. The molecule has 1 rings (SSSR count). The summed E-state index contributed by atoms with van der Waals surface area (Å²) >= 11 is 1.12. The fraction of sp³-hybridized carbons (Fsp3) is 0.700. The lowest BCUT2D eigenvalue weighted by Crippen LogP contribution is -2.14. The van der Waals surface area contributed by atoms with Crippen molar-refractivity contribution in [2.45, 2.75) is 38.9 Å². The molecular formula is C10H15F3N2S. The van der Waals surface area contributed by atoms with Crippen molar-refractivity contribution in [2.75, 3.05) is 7.05 Å². The molecule has 0 aromatic carbocycles. The smallest absolute Gasteiger partial charge is 0.315 e. The summed E-state index contributed by atoms with van der Waals surface area (Å²) < 4.78 is 38.1. The fourth-order valence-corrected chi connectivity index (χ4v) is 2.33. The van der Waals surface area contributed by atoms with E-state index in [2.05, 4.69) is 10.3 Å². The molecule has 1 N–H and O–H groups in total. The largest absolute Gasteiger partial charge is 0.434 e. The summed E-state index contributed by atoms with van der Waals surface area (Å²) in [7, 11) is 1.62. The normalized spacial score (nSPS) is 13.2. The number of rotatable bonds is 2. The average Bonchev–Trinajstić information content (AvgIpc) is 2.46. The molecule has 1 heterocycles. The summed E-state index contributed by atoms with van der Waals surface area (Å²) in [5, 5.41) is 3.25. The van der Waals surface area contributed by atoms with E-state index in [1.165, 1.54) is 0 Å². The topological polar surface area (TPSA) is 24.9 Å². The number of alkyl halides is 3. The number of nitrogens with zero attached hydrogens (tertiary/aromatic N) is 1. The second-order valence-electron chi connectivity index (χ2n) is 4.57. The van der Waals surface area contributed by atoms with Crippen LogP contribution in [-0.4, -0.2) is 12.0 Å². The number of halogens is 3. The van der Waals surface area contributed by atoms with Gasteiger partial charge in [-0.2, -0.15) is 13.2 Å². The molecule has 0 radical (unpaired) electrons. The van der Waals surface area contributed by atoms with Gasteiger partial charge in [-0.15, -0.1) is 11.3 Å². The molecular weight excluding hydrogens is 237 g/mol. The van der Waals surface area contributed by atoms with Crippen molar-refractivity contribution in [3.63, 3.8) is 0 Å². The molecule has 6 heteroatoms. The van der Waals surface area contributed by atoms with Crippen molar-refractivity contribution in [2.24, 2.45) is 0 Å². The van der Waals surface area contributed by atoms with E-state index in [-0.39, 0.29) is 16.8 Å². The maximum absolute atomic E-state index is 12.7. The van der Waals surface area contributed by atoms with Crippen molar-refractivity contribution in [1.29, 1.82) is 0 Å². The number of aromatic nitrogens is 1. The molecule has 1 aromatic rings. The average molecular weight is 252 g/mol. The third kappa shape index (κ3) is 2.95. The zero-order valence-electron chi connectivity index (χ0n) is 9.70. The highest BCUT2D eigenvalue weighted by atomic mass is 32.1. The van der Waals surface area contributed by atoms with Crippen LogP contribution in [0, 0.1) is 0 Å². The van der Waals surface area contributed by atoms with E-state index in [1.807, 2.05) is 20.8 Å². The molecule has 1 aromatic heterocycles. The molecule has 0 saturated carbocycles. The predicted molar refractivity (Wildman–Crippen MR) is 58.6 cm³/mol. The Bertz CT molecular complexity index is 363. The zero-order valence-corrected chi connectivity index (χ0v) is 10.5. The van der Waals surface area contributed by atoms with Gasteiger partial charge in [-0.25, -0.2) is 4.98 Å². The van der Waals surface area contributed by atoms with Crippen LogP contribution in [0.2, 0.25) is 0 Å². The van der Waals surface area contributed by atoms with Crippen LogP contribution >= 0.6 is 11.3 Å². The van der Waals surface area contributed by atoms with Gasteiger partial charge < -0.3 is 5.32 Å². The summed E-state index contributed by atoms with van der Waals surface area (Å²) in [6, 6.07) is 0. The van der Waals surface area contributed by atoms with Gasteiger partial charge in [-0.3, -0.25) is 0 Å². The molecule has 0 saturated heterocycles. The highest BCUT2D eigenvalue weighted by Gasteiger charge is 2.38. The lowest BCUT2D eigenvalue weighted by molar-refractivity contribution is -0.141. The highest BCUT2D eigenvalue weighted by molar-refractivity contribution is 7.11. The molecule has 0 bridgehead atoms. The first-order valence-corrected chi connectivity index (χ1v) is 5.70. The van der Waals surface area contributed by atoms with Gasteiger partial charge in [-0.05, 0) is 7.05 Å². The Morgan fingerprint density at radius 1 is 1.25 bits per heavy atom. The number of hydrogen-bond donors (Lipinski definition) is 1. The van der Waals surface area contributed by atoms with Gasteiger partial charge in [-0.1, -0.05) is 20.8 Å².